The number of aromatic nitrogens is 1. The Hall–Kier alpha value is -1.52. The molecule has 1 heterocycles. The zero-order chi connectivity index (χ0) is 13.1. The van der Waals surface area contributed by atoms with E-state index in [0.717, 1.165) is 5.76 Å². The van der Waals surface area contributed by atoms with Gasteiger partial charge < -0.3 is 14.5 Å². The highest BCUT2D eigenvalue weighted by Gasteiger charge is 2.21. The van der Waals surface area contributed by atoms with Crippen molar-refractivity contribution in [2.75, 3.05) is 0 Å². The van der Waals surface area contributed by atoms with E-state index in [1.807, 2.05) is 34.6 Å². The Morgan fingerprint density at radius 1 is 1.59 bits per heavy atom. The highest BCUT2D eigenvalue weighted by Crippen LogP contribution is 2.17. The highest BCUT2D eigenvalue weighted by molar-refractivity contribution is 5.68. The van der Waals surface area contributed by atoms with Crippen molar-refractivity contribution in [2.24, 2.45) is 0 Å². The average molecular weight is 240 g/mol. The third kappa shape index (κ3) is 4.46. The fourth-order valence-corrected chi connectivity index (χ4v) is 1.32. The number of hydrogen-bond donors (Lipinski definition) is 1. The van der Waals surface area contributed by atoms with E-state index in [9.17, 15) is 4.79 Å². The molecule has 1 amide bonds. The van der Waals surface area contributed by atoms with Gasteiger partial charge >= 0.3 is 6.09 Å². The monoisotopic (exact) mass is 240 g/mol. The lowest BCUT2D eigenvalue weighted by molar-refractivity contribution is 0.0494. The standard InChI is InChI=1S/C12H20N2O3/c1-6-9(10-13-7-8(2)16-10)14-11(15)17-12(3,4)5/h7,9H,6H2,1-5H3,(H,14,15)/t9-/m1/s1. The first-order valence-corrected chi connectivity index (χ1v) is 5.73. The minimum Gasteiger partial charge on any atom is -0.444 e. The molecule has 0 aliphatic heterocycles. The van der Waals surface area contributed by atoms with Crippen molar-refractivity contribution in [3.63, 3.8) is 0 Å². The minimum atomic E-state index is -0.505. The number of hydrogen-bond acceptors (Lipinski definition) is 4. The molecule has 1 aromatic heterocycles. The van der Waals surface area contributed by atoms with Crippen LogP contribution in [0.1, 0.15) is 51.8 Å². The van der Waals surface area contributed by atoms with Crippen LogP contribution in [0.15, 0.2) is 10.6 Å². The van der Waals surface area contributed by atoms with Gasteiger partial charge in [0.15, 0.2) is 0 Å². The largest absolute Gasteiger partial charge is 0.444 e. The summed E-state index contributed by atoms with van der Waals surface area (Å²) < 4.78 is 10.6. The zero-order valence-corrected chi connectivity index (χ0v) is 11.0. The minimum absolute atomic E-state index is 0.251. The van der Waals surface area contributed by atoms with Gasteiger partial charge in [0.2, 0.25) is 5.89 Å². The smallest absolute Gasteiger partial charge is 0.408 e. The first-order valence-electron chi connectivity index (χ1n) is 5.73. The maximum Gasteiger partial charge on any atom is 0.408 e. The first kappa shape index (κ1) is 13.5. The molecular formula is C12H20N2O3. The Morgan fingerprint density at radius 3 is 2.65 bits per heavy atom. The van der Waals surface area contributed by atoms with Crippen LogP contribution in [0.2, 0.25) is 0 Å². The Bertz CT molecular complexity index is 379. The zero-order valence-electron chi connectivity index (χ0n) is 11.0. The number of carbonyl (C=O) groups is 1. The van der Waals surface area contributed by atoms with Crippen molar-refractivity contribution in [3.8, 4) is 0 Å². The number of rotatable bonds is 3. The van der Waals surface area contributed by atoms with Crippen molar-refractivity contribution in [1.29, 1.82) is 0 Å². The summed E-state index contributed by atoms with van der Waals surface area (Å²) in [6.45, 7) is 9.23. The van der Waals surface area contributed by atoms with Crippen LogP contribution in [0.3, 0.4) is 0 Å². The fraction of sp³-hybridized carbons (Fsp3) is 0.667. The molecule has 0 aliphatic rings. The molecule has 0 aromatic carbocycles. The predicted molar refractivity (Wildman–Crippen MR) is 63.6 cm³/mol. The summed E-state index contributed by atoms with van der Waals surface area (Å²) in [5.41, 5.74) is -0.505. The molecule has 1 N–H and O–H groups in total. The molecule has 0 radical (unpaired) electrons. The van der Waals surface area contributed by atoms with E-state index in [-0.39, 0.29) is 6.04 Å². The van der Waals surface area contributed by atoms with E-state index in [2.05, 4.69) is 10.3 Å². The van der Waals surface area contributed by atoms with Crippen LogP contribution in [-0.4, -0.2) is 16.7 Å². The van der Waals surface area contributed by atoms with Gasteiger partial charge in [-0.15, -0.1) is 0 Å². The van der Waals surface area contributed by atoms with Crippen LogP contribution in [0.4, 0.5) is 4.79 Å². The van der Waals surface area contributed by atoms with Crippen molar-refractivity contribution in [1.82, 2.24) is 10.3 Å². The van der Waals surface area contributed by atoms with E-state index >= 15 is 0 Å². The Labute approximate surface area is 102 Å². The van der Waals surface area contributed by atoms with E-state index in [1.165, 1.54) is 0 Å². The summed E-state index contributed by atoms with van der Waals surface area (Å²) in [5, 5.41) is 2.74. The lowest BCUT2D eigenvalue weighted by Gasteiger charge is -2.21. The Balaban J connectivity index is 2.62. The molecule has 0 saturated heterocycles. The SMILES string of the molecule is CC[C@@H](NC(=O)OC(C)(C)C)c1ncc(C)o1. The number of nitrogens with zero attached hydrogens (tertiary/aromatic N) is 1. The van der Waals surface area contributed by atoms with Gasteiger partial charge in [-0.1, -0.05) is 6.92 Å². The number of oxazole rings is 1. The number of aryl methyl sites for hydroxylation is 1. The van der Waals surface area contributed by atoms with E-state index in [0.29, 0.717) is 12.3 Å². The van der Waals surface area contributed by atoms with Gasteiger partial charge in [0, 0.05) is 0 Å². The molecule has 1 aromatic rings. The van der Waals surface area contributed by atoms with Gasteiger partial charge in [-0.2, -0.15) is 0 Å². The predicted octanol–water partition coefficient (Wildman–Crippen LogP) is 2.96. The molecule has 1 atom stereocenters. The highest BCUT2D eigenvalue weighted by atomic mass is 16.6. The molecule has 17 heavy (non-hydrogen) atoms. The molecule has 5 heteroatoms. The molecular weight excluding hydrogens is 220 g/mol. The summed E-state index contributed by atoms with van der Waals surface area (Å²) in [5.74, 6) is 1.24. The van der Waals surface area contributed by atoms with Gasteiger partial charge in [0.05, 0.1) is 6.20 Å². The molecule has 0 saturated carbocycles. The third-order valence-corrected chi connectivity index (χ3v) is 2.04. The van der Waals surface area contributed by atoms with Crippen LogP contribution in [0, 0.1) is 6.92 Å². The van der Waals surface area contributed by atoms with E-state index < -0.39 is 11.7 Å². The van der Waals surface area contributed by atoms with Gasteiger partial charge in [-0.3, -0.25) is 0 Å². The lowest BCUT2D eigenvalue weighted by atomic mass is 10.2. The maximum atomic E-state index is 11.6. The second-order valence-electron chi connectivity index (χ2n) is 4.92. The molecule has 0 fully saturated rings. The molecule has 0 bridgehead atoms. The van der Waals surface area contributed by atoms with Crippen molar-refractivity contribution in [3.05, 3.63) is 17.8 Å². The van der Waals surface area contributed by atoms with Crippen molar-refractivity contribution < 1.29 is 13.9 Å². The fourth-order valence-electron chi connectivity index (χ4n) is 1.32. The molecule has 5 nitrogen and oxygen atoms in total. The van der Waals surface area contributed by atoms with Crippen LogP contribution in [-0.2, 0) is 4.74 Å². The number of amides is 1. The molecule has 0 spiro atoms. The Kier molecular flexibility index (Phi) is 4.15. The van der Waals surface area contributed by atoms with Crippen LogP contribution < -0.4 is 5.32 Å². The molecule has 0 unspecified atom stereocenters. The lowest BCUT2D eigenvalue weighted by Crippen LogP contribution is -2.34. The second-order valence-corrected chi connectivity index (χ2v) is 4.92. The molecule has 96 valence electrons. The second kappa shape index (κ2) is 5.21. The summed E-state index contributed by atoms with van der Waals surface area (Å²) in [7, 11) is 0. The van der Waals surface area contributed by atoms with Gasteiger partial charge in [0.1, 0.15) is 17.4 Å². The van der Waals surface area contributed by atoms with Crippen LogP contribution >= 0.6 is 0 Å². The summed E-state index contributed by atoms with van der Waals surface area (Å²) >= 11 is 0. The van der Waals surface area contributed by atoms with Gasteiger partial charge in [-0.25, -0.2) is 9.78 Å². The number of ether oxygens (including phenoxy) is 1. The van der Waals surface area contributed by atoms with Crippen molar-refractivity contribution >= 4 is 6.09 Å². The number of nitrogens with one attached hydrogen (secondary N) is 1. The maximum absolute atomic E-state index is 11.6. The summed E-state index contributed by atoms with van der Waals surface area (Å²) in [6, 6.07) is -0.251. The summed E-state index contributed by atoms with van der Waals surface area (Å²) in [6.07, 6.45) is 1.87. The normalized spacial score (nSPS) is 13.2. The average Bonchev–Trinajstić information content (AvgIpc) is 2.58. The van der Waals surface area contributed by atoms with Crippen LogP contribution in [0.25, 0.3) is 0 Å². The summed E-state index contributed by atoms with van der Waals surface area (Å²) in [4.78, 5) is 15.7. The van der Waals surface area contributed by atoms with Crippen LogP contribution in [0.5, 0.6) is 0 Å². The van der Waals surface area contributed by atoms with E-state index in [1.54, 1.807) is 6.20 Å². The Morgan fingerprint density at radius 2 is 2.24 bits per heavy atom. The van der Waals surface area contributed by atoms with E-state index in [4.69, 9.17) is 9.15 Å². The van der Waals surface area contributed by atoms with Gasteiger partial charge in [0.25, 0.3) is 0 Å². The number of alkyl carbamates (subject to hydrolysis) is 1. The van der Waals surface area contributed by atoms with Crippen molar-refractivity contribution in [2.45, 2.75) is 52.7 Å². The molecule has 0 aliphatic carbocycles. The first-order chi connectivity index (χ1) is 7.81. The third-order valence-electron chi connectivity index (χ3n) is 2.04. The topological polar surface area (TPSA) is 64.4 Å². The van der Waals surface area contributed by atoms with Gasteiger partial charge in [-0.05, 0) is 34.1 Å². The molecule has 1 rings (SSSR count). The quantitative estimate of drug-likeness (QED) is 0.882. The number of carbonyl (C=O) groups excluding carboxylic acids is 1.